The summed E-state index contributed by atoms with van der Waals surface area (Å²) in [6.07, 6.45) is 17.2. The highest BCUT2D eigenvalue weighted by Gasteiger charge is 2.41. The van der Waals surface area contributed by atoms with Crippen LogP contribution < -0.4 is 24.5 Å². The molecule has 0 aromatic heterocycles. The Hall–Kier alpha value is -8.24. The van der Waals surface area contributed by atoms with Crippen LogP contribution in [-0.4, -0.2) is 90.0 Å². The van der Waals surface area contributed by atoms with Gasteiger partial charge in [-0.15, -0.1) is 0 Å². The van der Waals surface area contributed by atoms with E-state index in [-0.39, 0.29) is 0 Å². The van der Waals surface area contributed by atoms with Crippen molar-refractivity contribution >= 4 is 34.1 Å². The third-order valence-electron chi connectivity index (χ3n) is 22.5. The number of benzene rings is 6. The molecule has 0 amide bonds. The van der Waals surface area contributed by atoms with Gasteiger partial charge in [-0.3, -0.25) is 0 Å². The van der Waals surface area contributed by atoms with Crippen LogP contribution in [0.3, 0.4) is 0 Å². The average Bonchev–Trinajstić information content (AvgIpc) is 1.39. The summed E-state index contributed by atoms with van der Waals surface area (Å²) in [5.74, 6) is 1.33. The number of para-hydroxylation sites is 5. The molecule has 6 aromatic carbocycles. The standard InChI is InChI=1S/C19H24N2.C19H28N2.C19H22N2.C18H26N2.C14H20N2/c1-14-7-3-6-10-17(14)20-13-21-18(15(20)2)11-12-19(21)16-8-4-5-9-16;2*1-14-10-8-9-13-18(14)21-15(2)19(20(4)16(21)3)17-11-6-5-7-12-17;1-13-9-5-8-12-17(13)20-14(2)18(19(4)15(20)3)16-10-6-7-11-16;1-10-8-6-7-9-14(10)16-12(3)11(2)15(5)13(16)4/h3,6-7,10-12,16,19H,4-5,8-9,13H2,1-2H3;8-10,13,16-17H,5-7,11-12H2,1-4H3;5-13,16H,1-4H3;5,8-9,12,15-16H,6-7,10-11H2,1-4H3;6-9,13H,1-5H3/i13D,19D;3*3D3;4D3. The fourth-order valence-electron chi connectivity index (χ4n) is 16.7. The summed E-state index contributed by atoms with van der Waals surface area (Å²) in [7, 11) is 7.62. The lowest BCUT2D eigenvalue weighted by Crippen LogP contribution is -2.36. The summed E-state index contributed by atoms with van der Waals surface area (Å²) in [4.78, 5) is 19.8. The maximum Gasteiger partial charge on any atom is 0.103 e. The van der Waals surface area contributed by atoms with E-state index in [1.807, 2.05) is 253 Å². The van der Waals surface area contributed by atoms with Crippen molar-refractivity contribution < 1.29 is 19.2 Å². The van der Waals surface area contributed by atoms with Gasteiger partial charge < -0.3 is 49.0 Å². The maximum atomic E-state index is 9.09. The molecule has 526 valence electrons. The molecule has 0 spiro atoms. The second-order valence-corrected chi connectivity index (χ2v) is 28.6. The predicted molar refractivity (Wildman–Crippen MR) is 423 cm³/mol. The van der Waals surface area contributed by atoms with Crippen molar-refractivity contribution in [2.75, 3.05) is 59.3 Å². The van der Waals surface area contributed by atoms with E-state index in [1.165, 1.54) is 87.6 Å². The highest BCUT2D eigenvalue weighted by atomic mass is 15.4. The molecule has 9 aliphatic rings. The number of rotatable bonds is 9. The number of anilines is 5. The Morgan fingerprint density at radius 1 is 0.354 bits per heavy atom. The van der Waals surface area contributed by atoms with Gasteiger partial charge >= 0.3 is 0 Å². The second-order valence-electron chi connectivity index (χ2n) is 28.6. The topological polar surface area (TPSA) is 32.4 Å². The fraction of sp³-hybridized carbons (Fsp3) is 0.461. The largest absolute Gasteiger partial charge is 0.356 e. The van der Waals surface area contributed by atoms with Gasteiger partial charge in [-0.2, -0.15) is 0 Å². The summed E-state index contributed by atoms with van der Waals surface area (Å²) in [6.45, 7) is 13.5. The summed E-state index contributed by atoms with van der Waals surface area (Å²) in [6, 6.07) is 49.4. The number of hydrogen-bond donors (Lipinski definition) is 0. The minimum Gasteiger partial charge on any atom is -0.356 e. The number of aryl methyl sites for hydroxylation is 5. The van der Waals surface area contributed by atoms with Crippen molar-refractivity contribution in [2.45, 2.75) is 218 Å². The van der Waals surface area contributed by atoms with Crippen LogP contribution in [0, 0.1) is 52.4 Å². The maximum absolute atomic E-state index is 9.09. The second kappa shape index (κ2) is 31.5. The minimum absolute atomic E-state index is 0.341. The Kier molecular flexibility index (Phi) is 17.7. The summed E-state index contributed by atoms with van der Waals surface area (Å²) in [5.41, 5.74) is 22.3. The molecular weight excluding hydrogens is 1210 g/mol. The summed E-state index contributed by atoms with van der Waals surface area (Å²) < 4.78 is 114. The van der Waals surface area contributed by atoms with Crippen LogP contribution in [0.1, 0.15) is 205 Å². The molecule has 0 saturated heterocycles. The van der Waals surface area contributed by atoms with Gasteiger partial charge in [0.05, 0.1) is 26.8 Å². The average molecular weight is 1340 g/mol. The van der Waals surface area contributed by atoms with Crippen LogP contribution in [-0.2, 0) is 0 Å². The van der Waals surface area contributed by atoms with Crippen LogP contribution in [0.4, 0.5) is 28.4 Å². The molecule has 6 aliphatic heterocycles. The molecule has 0 radical (unpaired) electrons. The normalized spacial score (nSPS) is 26.8. The van der Waals surface area contributed by atoms with Crippen molar-refractivity contribution in [3.8, 4) is 0 Å². The number of allylic oxidation sites excluding steroid dienone is 9. The van der Waals surface area contributed by atoms with Gasteiger partial charge in [-0.25, -0.2) is 0 Å². The van der Waals surface area contributed by atoms with Gasteiger partial charge in [0.15, 0.2) is 0 Å². The SMILES string of the molecule is [2H]C([2H])([2H])C1N(C)C(C)=C(C)N1c1ccccc1C.[2H]C([2H])([2H])C1N(C)C(C2CCCC2)=C(C)N1c1ccccc1C.[2H]C([2H])([2H])C1N(C)C(C2CCCCC2)=C(C)N1c1ccccc1C.[2H]C([2H])([2H])C1N(C)C(c2ccccc2)=C(C)N1c1ccccc1C.[2H]C1N(c2ccccc2C)C(C)=C2C=CC([2H])(C3CCCC3)N21. The number of nitrogens with zero attached hydrogens (tertiary/aromatic N) is 10. The highest BCUT2D eigenvalue weighted by molar-refractivity contribution is 5.77. The van der Waals surface area contributed by atoms with Gasteiger partial charge in [0.2, 0.25) is 0 Å². The van der Waals surface area contributed by atoms with Crippen LogP contribution in [0.25, 0.3) is 5.70 Å². The Labute approximate surface area is 618 Å². The lowest BCUT2D eigenvalue weighted by molar-refractivity contribution is 0.261. The molecule has 15 rings (SSSR count). The first-order valence-electron chi connectivity index (χ1n) is 43.5. The molecule has 6 atom stereocenters. The molecule has 6 heterocycles. The Morgan fingerprint density at radius 2 is 0.707 bits per heavy atom. The molecule has 3 saturated carbocycles. The van der Waals surface area contributed by atoms with Crippen molar-refractivity contribution in [3.63, 3.8) is 0 Å². The van der Waals surface area contributed by atoms with Crippen LogP contribution >= 0.6 is 0 Å². The third-order valence-corrected chi connectivity index (χ3v) is 22.5. The van der Waals surface area contributed by atoms with Crippen molar-refractivity contribution in [2.24, 2.45) is 17.8 Å². The zero-order valence-corrected chi connectivity index (χ0v) is 61.9. The van der Waals surface area contributed by atoms with Crippen LogP contribution in [0.5, 0.6) is 0 Å². The van der Waals surface area contributed by atoms with E-state index in [9.17, 15) is 0 Å². The molecule has 10 heteroatoms. The van der Waals surface area contributed by atoms with E-state index < -0.39 is 64.7 Å². The molecule has 6 unspecified atom stereocenters. The van der Waals surface area contributed by atoms with Crippen molar-refractivity contribution in [1.29, 1.82) is 0 Å². The Bertz CT molecular complexity index is 4540. The smallest absolute Gasteiger partial charge is 0.103 e. The quantitative estimate of drug-likeness (QED) is 0.140. The van der Waals surface area contributed by atoms with E-state index in [2.05, 4.69) is 63.8 Å². The molecule has 3 fully saturated rings. The van der Waals surface area contributed by atoms with Gasteiger partial charge in [-0.05, 0) is 218 Å². The first kappa shape index (κ1) is 55.5. The number of fused-ring (bicyclic) bond motifs is 1. The van der Waals surface area contributed by atoms with E-state index >= 15 is 0 Å². The summed E-state index contributed by atoms with van der Waals surface area (Å²) in [5, 5.41) is 0. The first-order chi connectivity index (χ1) is 53.2. The Balaban J connectivity index is 0.000000140. The molecule has 3 aliphatic carbocycles. The first-order valence-corrected chi connectivity index (χ1v) is 36.4. The lowest BCUT2D eigenvalue weighted by atomic mass is 9.86. The molecule has 0 N–H and O–H groups in total. The van der Waals surface area contributed by atoms with Crippen molar-refractivity contribution in [3.05, 3.63) is 248 Å². The number of hydrogen-bond acceptors (Lipinski definition) is 10. The zero-order chi connectivity index (χ0) is 82.3. The Morgan fingerprint density at radius 3 is 1.13 bits per heavy atom. The molecule has 0 bridgehead atoms. The predicted octanol–water partition coefficient (Wildman–Crippen LogP) is 21.7. The van der Waals surface area contributed by atoms with E-state index in [1.54, 1.807) is 0 Å². The van der Waals surface area contributed by atoms with Gasteiger partial charge in [0.1, 0.15) is 24.7 Å². The lowest BCUT2D eigenvalue weighted by Gasteiger charge is -2.32. The van der Waals surface area contributed by atoms with E-state index in [0.29, 0.717) is 17.8 Å². The fourth-order valence-corrected chi connectivity index (χ4v) is 16.7. The van der Waals surface area contributed by atoms with Crippen molar-refractivity contribution in [1.82, 2.24) is 24.5 Å². The van der Waals surface area contributed by atoms with Gasteiger partial charge in [-0.1, -0.05) is 172 Å². The molecule has 10 nitrogen and oxygen atoms in total. The van der Waals surface area contributed by atoms with Crippen LogP contribution in [0.15, 0.2) is 215 Å². The third kappa shape index (κ3) is 14.6. The molecule has 6 aromatic rings. The van der Waals surface area contributed by atoms with Gasteiger partial charge in [0, 0.05) is 130 Å². The summed E-state index contributed by atoms with van der Waals surface area (Å²) >= 11 is 0. The molecular formula is C89H120N10. The molecule has 99 heavy (non-hydrogen) atoms. The van der Waals surface area contributed by atoms with Crippen LogP contribution in [0.2, 0.25) is 0 Å². The highest BCUT2D eigenvalue weighted by Crippen LogP contribution is 2.46. The zero-order valence-electron chi connectivity index (χ0n) is 75.9. The minimum atomic E-state index is -2.13. The monoisotopic (exact) mass is 1340 g/mol. The van der Waals surface area contributed by atoms with Gasteiger partial charge in [0.25, 0.3) is 0 Å². The van der Waals surface area contributed by atoms with E-state index in [4.69, 9.17) is 19.2 Å². The van der Waals surface area contributed by atoms with E-state index in [0.717, 1.165) is 115 Å².